The Morgan fingerprint density at radius 2 is 2.16 bits per heavy atom. The standard InChI is InChI=1S/C12H17N3O4/c1-8-2-4-13-6-9(8)7-15-12(19)14-5-3-10(16)11(17)18/h2,4,6,10,16H,3,5,7H2,1H3,(H,17,18)(H2,14,15,19). The van der Waals surface area contributed by atoms with E-state index in [1.54, 1.807) is 12.4 Å². The van der Waals surface area contributed by atoms with E-state index in [4.69, 9.17) is 10.2 Å². The fourth-order valence-electron chi connectivity index (χ4n) is 1.37. The Hall–Kier alpha value is -2.15. The molecule has 0 spiro atoms. The molecule has 1 aromatic rings. The van der Waals surface area contributed by atoms with Crippen LogP contribution in [0.4, 0.5) is 4.79 Å². The number of urea groups is 1. The van der Waals surface area contributed by atoms with Crippen LogP contribution < -0.4 is 10.6 Å². The number of carbonyl (C=O) groups is 2. The number of aliphatic carboxylic acids is 1. The van der Waals surface area contributed by atoms with Gasteiger partial charge in [0.2, 0.25) is 0 Å². The van der Waals surface area contributed by atoms with Gasteiger partial charge in [0.1, 0.15) is 0 Å². The predicted molar refractivity (Wildman–Crippen MR) is 67.5 cm³/mol. The smallest absolute Gasteiger partial charge is 0.332 e. The molecule has 4 N–H and O–H groups in total. The largest absolute Gasteiger partial charge is 0.479 e. The highest BCUT2D eigenvalue weighted by Gasteiger charge is 2.12. The Labute approximate surface area is 110 Å². The van der Waals surface area contributed by atoms with E-state index in [9.17, 15) is 9.59 Å². The molecule has 0 aliphatic carbocycles. The topological polar surface area (TPSA) is 112 Å². The summed E-state index contributed by atoms with van der Waals surface area (Å²) in [4.78, 5) is 25.7. The minimum absolute atomic E-state index is 0.0331. The second-order valence-electron chi connectivity index (χ2n) is 4.05. The molecule has 1 heterocycles. The van der Waals surface area contributed by atoms with Crippen molar-refractivity contribution in [1.82, 2.24) is 15.6 Å². The Bertz CT molecular complexity index is 450. The Kier molecular flexibility index (Phi) is 5.74. The number of nitrogens with one attached hydrogen (secondary N) is 2. The zero-order valence-corrected chi connectivity index (χ0v) is 10.6. The van der Waals surface area contributed by atoms with E-state index < -0.39 is 18.1 Å². The van der Waals surface area contributed by atoms with E-state index in [-0.39, 0.29) is 13.0 Å². The summed E-state index contributed by atoms with van der Waals surface area (Å²) in [5, 5.41) is 22.5. The molecule has 1 rings (SSSR count). The molecular formula is C12H17N3O4. The molecular weight excluding hydrogens is 250 g/mol. The van der Waals surface area contributed by atoms with Gasteiger partial charge in [-0.2, -0.15) is 0 Å². The number of nitrogens with zero attached hydrogens (tertiary/aromatic N) is 1. The lowest BCUT2D eigenvalue weighted by Gasteiger charge is -2.10. The predicted octanol–water partition coefficient (Wildman–Crippen LogP) is 0.0248. The van der Waals surface area contributed by atoms with Crippen LogP contribution in [0, 0.1) is 6.92 Å². The molecule has 1 atom stereocenters. The van der Waals surface area contributed by atoms with Gasteiger partial charge in [0.15, 0.2) is 6.10 Å². The van der Waals surface area contributed by atoms with Crippen LogP contribution in [0.3, 0.4) is 0 Å². The number of carboxylic acids is 1. The van der Waals surface area contributed by atoms with Crippen molar-refractivity contribution in [2.45, 2.75) is 26.0 Å². The number of aryl methyl sites for hydroxylation is 1. The highest BCUT2D eigenvalue weighted by Crippen LogP contribution is 2.03. The molecule has 0 bridgehead atoms. The molecule has 0 saturated heterocycles. The summed E-state index contributed by atoms with van der Waals surface area (Å²) in [6.45, 7) is 2.35. The lowest BCUT2D eigenvalue weighted by atomic mass is 10.2. The molecule has 0 saturated carbocycles. The number of hydrogen-bond acceptors (Lipinski definition) is 4. The molecule has 7 nitrogen and oxygen atoms in total. The van der Waals surface area contributed by atoms with Gasteiger partial charge in [0.25, 0.3) is 0 Å². The molecule has 0 aliphatic rings. The van der Waals surface area contributed by atoms with Crippen LogP contribution in [0.15, 0.2) is 18.5 Å². The number of rotatable bonds is 6. The van der Waals surface area contributed by atoms with Gasteiger partial charge in [-0.05, 0) is 24.1 Å². The normalized spacial score (nSPS) is 11.7. The Morgan fingerprint density at radius 3 is 2.79 bits per heavy atom. The minimum Gasteiger partial charge on any atom is -0.479 e. The van der Waals surface area contributed by atoms with Gasteiger partial charge in [-0.15, -0.1) is 0 Å². The molecule has 0 fully saturated rings. The summed E-state index contributed by atoms with van der Waals surface area (Å²) >= 11 is 0. The van der Waals surface area contributed by atoms with Crippen LogP contribution in [-0.2, 0) is 11.3 Å². The highest BCUT2D eigenvalue weighted by atomic mass is 16.4. The van der Waals surface area contributed by atoms with Crippen molar-refractivity contribution >= 4 is 12.0 Å². The van der Waals surface area contributed by atoms with Crippen LogP contribution in [0.5, 0.6) is 0 Å². The lowest BCUT2D eigenvalue weighted by Crippen LogP contribution is -2.37. The first-order valence-electron chi connectivity index (χ1n) is 5.82. The zero-order valence-electron chi connectivity index (χ0n) is 10.6. The van der Waals surface area contributed by atoms with Crippen molar-refractivity contribution in [2.24, 2.45) is 0 Å². The van der Waals surface area contributed by atoms with Gasteiger partial charge in [-0.1, -0.05) is 0 Å². The average Bonchev–Trinajstić information content (AvgIpc) is 2.37. The Morgan fingerprint density at radius 1 is 1.42 bits per heavy atom. The average molecular weight is 267 g/mol. The van der Waals surface area contributed by atoms with Gasteiger partial charge < -0.3 is 20.8 Å². The van der Waals surface area contributed by atoms with Gasteiger partial charge in [0, 0.05) is 31.9 Å². The maximum atomic E-state index is 11.4. The summed E-state index contributed by atoms with van der Waals surface area (Å²) in [5.74, 6) is -1.30. The van der Waals surface area contributed by atoms with Gasteiger partial charge in [-0.25, -0.2) is 9.59 Å². The number of aliphatic hydroxyl groups is 1. The maximum Gasteiger partial charge on any atom is 0.332 e. The van der Waals surface area contributed by atoms with Crippen molar-refractivity contribution in [1.29, 1.82) is 0 Å². The summed E-state index contributed by atoms with van der Waals surface area (Å²) in [6, 6.07) is 1.43. The molecule has 7 heteroatoms. The first-order valence-corrected chi connectivity index (χ1v) is 5.82. The molecule has 0 radical (unpaired) electrons. The van der Waals surface area contributed by atoms with E-state index >= 15 is 0 Å². The second-order valence-corrected chi connectivity index (χ2v) is 4.05. The summed E-state index contributed by atoms with van der Waals surface area (Å²) in [5.41, 5.74) is 1.93. The fourth-order valence-corrected chi connectivity index (χ4v) is 1.37. The monoisotopic (exact) mass is 267 g/mol. The molecule has 104 valence electrons. The molecule has 0 aliphatic heterocycles. The fraction of sp³-hybridized carbons (Fsp3) is 0.417. The number of hydrogen-bond donors (Lipinski definition) is 4. The number of pyridine rings is 1. The van der Waals surface area contributed by atoms with Crippen LogP contribution >= 0.6 is 0 Å². The third kappa shape index (κ3) is 5.35. The number of carbonyl (C=O) groups excluding carboxylic acids is 1. The summed E-state index contributed by atoms with van der Waals surface area (Å²) in [6.07, 6.45) is 1.85. The minimum atomic E-state index is -1.46. The molecule has 0 aromatic carbocycles. The van der Waals surface area contributed by atoms with E-state index in [0.717, 1.165) is 11.1 Å². The number of carboxylic acid groups (broad SMARTS) is 1. The molecule has 19 heavy (non-hydrogen) atoms. The third-order valence-corrected chi connectivity index (χ3v) is 2.58. The number of amides is 2. The van der Waals surface area contributed by atoms with Crippen molar-refractivity contribution < 1.29 is 19.8 Å². The highest BCUT2D eigenvalue weighted by molar-refractivity contribution is 5.74. The van der Waals surface area contributed by atoms with Crippen LogP contribution in [0.1, 0.15) is 17.5 Å². The quantitative estimate of drug-likeness (QED) is 0.581. The van der Waals surface area contributed by atoms with E-state index in [2.05, 4.69) is 15.6 Å². The van der Waals surface area contributed by atoms with Gasteiger partial charge in [-0.3, -0.25) is 4.98 Å². The van der Waals surface area contributed by atoms with E-state index in [0.29, 0.717) is 6.54 Å². The van der Waals surface area contributed by atoms with E-state index in [1.165, 1.54) is 0 Å². The first kappa shape index (κ1) is 14.9. The first-order chi connectivity index (χ1) is 9.00. The van der Waals surface area contributed by atoms with Crippen molar-refractivity contribution in [3.63, 3.8) is 0 Å². The van der Waals surface area contributed by atoms with Crippen LogP contribution in [0.2, 0.25) is 0 Å². The SMILES string of the molecule is Cc1ccncc1CNC(=O)NCCC(O)C(=O)O. The summed E-state index contributed by atoms with van der Waals surface area (Å²) in [7, 11) is 0. The van der Waals surface area contributed by atoms with E-state index in [1.807, 2.05) is 13.0 Å². The number of aromatic nitrogens is 1. The Balaban J connectivity index is 2.25. The van der Waals surface area contributed by atoms with Crippen molar-refractivity contribution in [3.8, 4) is 0 Å². The van der Waals surface area contributed by atoms with Crippen molar-refractivity contribution in [2.75, 3.05) is 6.54 Å². The van der Waals surface area contributed by atoms with Crippen molar-refractivity contribution in [3.05, 3.63) is 29.6 Å². The van der Waals surface area contributed by atoms with Gasteiger partial charge in [0.05, 0.1) is 0 Å². The number of aliphatic hydroxyl groups excluding tert-OH is 1. The summed E-state index contributed by atoms with van der Waals surface area (Å²) < 4.78 is 0. The third-order valence-electron chi connectivity index (χ3n) is 2.58. The second kappa shape index (κ2) is 7.32. The maximum absolute atomic E-state index is 11.4. The lowest BCUT2D eigenvalue weighted by molar-refractivity contribution is -0.146. The molecule has 1 unspecified atom stereocenters. The molecule has 2 amide bonds. The zero-order chi connectivity index (χ0) is 14.3. The van der Waals surface area contributed by atoms with Crippen LogP contribution in [0.25, 0.3) is 0 Å². The van der Waals surface area contributed by atoms with Crippen LogP contribution in [-0.4, -0.2) is 39.8 Å². The molecule has 1 aromatic heterocycles. The van der Waals surface area contributed by atoms with Gasteiger partial charge >= 0.3 is 12.0 Å².